The average Bonchev–Trinajstić information content (AvgIpc) is 2.29. The number of nitrogens with zero attached hydrogens (tertiary/aromatic N) is 4. The normalized spacial score (nSPS) is 16.9. The van der Waals surface area contributed by atoms with E-state index < -0.39 is 0 Å². The van der Waals surface area contributed by atoms with Gasteiger partial charge in [-0.3, -0.25) is 5.32 Å². The first-order valence-corrected chi connectivity index (χ1v) is 5.61. The van der Waals surface area contributed by atoms with E-state index in [4.69, 9.17) is 0 Å². The molecule has 2 amide bonds. The highest BCUT2D eigenvalue weighted by atomic mass is 16.2. The fourth-order valence-corrected chi connectivity index (χ4v) is 1.68. The molecule has 1 aliphatic heterocycles. The summed E-state index contributed by atoms with van der Waals surface area (Å²) in [6.07, 6.45) is 2.69. The summed E-state index contributed by atoms with van der Waals surface area (Å²) >= 11 is 0. The van der Waals surface area contributed by atoms with Gasteiger partial charge in [0.25, 0.3) is 0 Å². The standard InChI is InChI=1S/C11H16N5O/c1-9-12-4-3-10(13-9)14-11(17)16-7-5-15(2)6-8-16/h3H,5-8H2,1-2H3,(H,12,13,14,17). The summed E-state index contributed by atoms with van der Waals surface area (Å²) in [4.78, 5) is 23.9. The highest BCUT2D eigenvalue weighted by Crippen LogP contribution is 2.05. The number of carbonyl (C=O) groups is 1. The largest absolute Gasteiger partial charge is 0.323 e. The van der Waals surface area contributed by atoms with Crippen molar-refractivity contribution in [3.8, 4) is 0 Å². The van der Waals surface area contributed by atoms with Crippen LogP contribution in [0, 0.1) is 13.1 Å². The summed E-state index contributed by atoms with van der Waals surface area (Å²) < 4.78 is 0. The smallest absolute Gasteiger partial charge is 0.322 e. The molecule has 1 N–H and O–H groups in total. The van der Waals surface area contributed by atoms with Crippen LogP contribution in [0.1, 0.15) is 5.82 Å². The molecule has 1 aromatic rings. The molecule has 1 aromatic heterocycles. The van der Waals surface area contributed by atoms with Crippen LogP contribution >= 0.6 is 0 Å². The Balaban J connectivity index is 1.93. The van der Waals surface area contributed by atoms with Crippen LogP contribution < -0.4 is 5.32 Å². The lowest BCUT2D eigenvalue weighted by atomic mass is 10.3. The van der Waals surface area contributed by atoms with Gasteiger partial charge < -0.3 is 9.80 Å². The molecule has 0 spiro atoms. The maximum atomic E-state index is 11.9. The van der Waals surface area contributed by atoms with E-state index in [1.165, 1.54) is 0 Å². The third-order valence-electron chi connectivity index (χ3n) is 2.74. The maximum absolute atomic E-state index is 11.9. The van der Waals surface area contributed by atoms with Gasteiger partial charge in [-0.2, -0.15) is 0 Å². The third-order valence-corrected chi connectivity index (χ3v) is 2.74. The fraction of sp³-hybridized carbons (Fsp3) is 0.545. The third kappa shape index (κ3) is 3.13. The fourth-order valence-electron chi connectivity index (χ4n) is 1.68. The number of rotatable bonds is 1. The Morgan fingerprint density at radius 1 is 1.41 bits per heavy atom. The number of aromatic nitrogens is 2. The number of hydrogen-bond donors (Lipinski definition) is 1. The molecule has 0 saturated carbocycles. The van der Waals surface area contributed by atoms with Crippen LogP contribution in [0.3, 0.4) is 0 Å². The quantitative estimate of drug-likeness (QED) is 0.762. The highest BCUT2D eigenvalue weighted by molar-refractivity contribution is 5.88. The number of hydrogen-bond acceptors (Lipinski definition) is 4. The number of nitrogens with one attached hydrogen (secondary N) is 1. The van der Waals surface area contributed by atoms with Crippen LogP contribution in [0.5, 0.6) is 0 Å². The number of amides is 2. The number of anilines is 1. The van der Waals surface area contributed by atoms with E-state index in [1.54, 1.807) is 17.9 Å². The zero-order valence-electron chi connectivity index (χ0n) is 10.1. The van der Waals surface area contributed by atoms with Gasteiger partial charge in [0.15, 0.2) is 0 Å². The first-order chi connectivity index (χ1) is 8.15. The van der Waals surface area contributed by atoms with E-state index >= 15 is 0 Å². The van der Waals surface area contributed by atoms with E-state index in [2.05, 4.69) is 33.4 Å². The van der Waals surface area contributed by atoms with E-state index in [9.17, 15) is 4.79 Å². The molecule has 1 saturated heterocycles. The van der Waals surface area contributed by atoms with Crippen molar-refractivity contribution < 1.29 is 4.79 Å². The van der Waals surface area contributed by atoms with Crippen LogP contribution in [-0.4, -0.2) is 59.0 Å². The predicted molar refractivity (Wildman–Crippen MR) is 63.7 cm³/mol. The minimum absolute atomic E-state index is 0.107. The van der Waals surface area contributed by atoms with E-state index in [0.717, 1.165) is 26.2 Å². The summed E-state index contributed by atoms with van der Waals surface area (Å²) in [5.74, 6) is 1.10. The number of likely N-dealkylation sites (N-methyl/N-ethyl adjacent to an activating group) is 1. The molecule has 6 nitrogen and oxygen atoms in total. The van der Waals surface area contributed by atoms with Gasteiger partial charge in [0.1, 0.15) is 11.6 Å². The first-order valence-electron chi connectivity index (χ1n) is 5.61. The van der Waals surface area contributed by atoms with Crippen molar-refractivity contribution in [3.63, 3.8) is 0 Å². The van der Waals surface area contributed by atoms with Crippen LogP contribution in [0.15, 0.2) is 6.07 Å². The van der Waals surface area contributed by atoms with Crippen LogP contribution in [-0.2, 0) is 0 Å². The maximum Gasteiger partial charge on any atom is 0.323 e. The van der Waals surface area contributed by atoms with Crippen LogP contribution in [0.25, 0.3) is 0 Å². The van der Waals surface area contributed by atoms with Gasteiger partial charge in [0.2, 0.25) is 0 Å². The van der Waals surface area contributed by atoms with Crippen molar-refractivity contribution in [2.45, 2.75) is 6.92 Å². The SMILES string of the molecule is Cc1n[c]cc(NC(=O)N2CCN(C)CC2)n1. The van der Waals surface area contributed by atoms with Crippen molar-refractivity contribution in [3.05, 3.63) is 18.1 Å². The van der Waals surface area contributed by atoms with Crippen molar-refractivity contribution in [1.29, 1.82) is 0 Å². The molecular formula is C11H16N5O. The molecule has 91 valence electrons. The molecule has 1 aliphatic rings. The lowest BCUT2D eigenvalue weighted by molar-refractivity contribution is 0.164. The van der Waals surface area contributed by atoms with Crippen LogP contribution in [0.4, 0.5) is 10.6 Å². The second-order valence-corrected chi connectivity index (χ2v) is 4.15. The van der Waals surface area contributed by atoms with Crippen molar-refractivity contribution in [1.82, 2.24) is 19.8 Å². The Bertz CT molecular complexity index is 401. The minimum atomic E-state index is -0.107. The molecule has 0 unspecified atom stereocenters. The molecule has 2 heterocycles. The van der Waals surface area contributed by atoms with Crippen molar-refractivity contribution >= 4 is 11.8 Å². The van der Waals surface area contributed by atoms with E-state index in [1.807, 2.05) is 0 Å². The summed E-state index contributed by atoms with van der Waals surface area (Å²) in [5, 5.41) is 2.75. The van der Waals surface area contributed by atoms with Crippen LogP contribution in [0.2, 0.25) is 0 Å². The van der Waals surface area contributed by atoms with Crippen molar-refractivity contribution in [2.24, 2.45) is 0 Å². The molecule has 2 rings (SSSR count). The summed E-state index contributed by atoms with van der Waals surface area (Å²) in [6.45, 7) is 5.07. The molecule has 0 aromatic carbocycles. The summed E-state index contributed by atoms with van der Waals surface area (Å²) in [6, 6.07) is 1.46. The number of urea groups is 1. The zero-order chi connectivity index (χ0) is 12.3. The average molecular weight is 234 g/mol. The highest BCUT2D eigenvalue weighted by Gasteiger charge is 2.19. The second-order valence-electron chi connectivity index (χ2n) is 4.15. The summed E-state index contributed by atoms with van der Waals surface area (Å²) in [7, 11) is 2.05. The minimum Gasteiger partial charge on any atom is -0.322 e. The van der Waals surface area contributed by atoms with Gasteiger partial charge >= 0.3 is 6.03 Å². The monoisotopic (exact) mass is 234 g/mol. The van der Waals surface area contributed by atoms with Gasteiger partial charge in [-0.05, 0) is 14.0 Å². The predicted octanol–water partition coefficient (Wildman–Crippen LogP) is 0.365. The molecule has 0 atom stereocenters. The lowest BCUT2D eigenvalue weighted by Crippen LogP contribution is -2.48. The first kappa shape index (κ1) is 11.8. The zero-order valence-corrected chi connectivity index (χ0v) is 10.1. The molecule has 0 bridgehead atoms. The topological polar surface area (TPSA) is 61.4 Å². The Morgan fingerprint density at radius 2 is 2.12 bits per heavy atom. The van der Waals surface area contributed by atoms with Gasteiger partial charge in [0, 0.05) is 32.2 Å². The number of aryl methyl sites for hydroxylation is 1. The molecule has 1 fully saturated rings. The Morgan fingerprint density at radius 3 is 2.76 bits per heavy atom. The van der Waals surface area contributed by atoms with Gasteiger partial charge in [-0.25, -0.2) is 14.8 Å². The number of carbonyl (C=O) groups excluding carboxylic acids is 1. The van der Waals surface area contributed by atoms with Gasteiger partial charge in [-0.1, -0.05) is 0 Å². The van der Waals surface area contributed by atoms with Gasteiger partial charge in [-0.15, -0.1) is 0 Å². The van der Waals surface area contributed by atoms with Gasteiger partial charge in [0.05, 0.1) is 6.20 Å². The molecule has 0 aliphatic carbocycles. The Labute approximate surface area is 101 Å². The molecule has 17 heavy (non-hydrogen) atoms. The molecular weight excluding hydrogens is 218 g/mol. The summed E-state index contributed by atoms with van der Waals surface area (Å²) in [5.41, 5.74) is 0. The van der Waals surface area contributed by atoms with E-state index in [0.29, 0.717) is 11.6 Å². The lowest BCUT2D eigenvalue weighted by Gasteiger charge is -2.32. The molecule has 1 radical (unpaired) electrons. The molecule has 6 heteroatoms. The number of piperazine rings is 1. The second kappa shape index (κ2) is 5.09. The van der Waals surface area contributed by atoms with Crippen molar-refractivity contribution in [2.75, 3.05) is 38.5 Å². The Kier molecular flexibility index (Phi) is 3.53. The Hall–Kier alpha value is -1.69. The van der Waals surface area contributed by atoms with E-state index in [-0.39, 0.29) is 6.03 Å².